The maximum absolute atomic E-state index is 12.9. The summed E-state index contributed by atoms with van der Waals surface area (Å²) in [5.74, 6) is 6.00. The first-order valence-electron chi connectivity index (χ1n) is 11.6. The lowest BCUT2D eigenvalue weighted by atomic mass is 10.1. The molecule has 2 amide bonds. The Morgan fingerprint density at radius 2 is 1.72 bits per heavy atom. The zero-order valence-electron chi connectivity index (χ0n) is 22.2. The highest BCUT2D eigenvalue weighted by Crippen LogP contribution is 2.21. The smallest absolute Gasteiger partial charge is 0.441 e. The summed E-state index contributed by atoms with van der Waals surface area (Å²) in [6.07, 6.45) is 6.15. The lowest BCUT2D eigenvalue weighted by molar-refractivity contribution is 0.0370. The number of aryl methyl sites for hydroxylation is 1. The van der Waals surface area contributed by atoms with Crippen LogP contribution in [0.25, 0.3) is 0 Å². The van der Waals surface area contributed by atoms with Gasteiger partial charge >= 0.3 is 12.2 Å². The minimum absolute atomic E-state index is 0.281. The van der Waals surface area contributed by atoms with Crippen molar-refractivity contribution in [3.05, 3.63) is 48.0 Å². The van der Waals surface area contributed by atoms with Crippen LogP contribution >= 0.6 is 0 Å². The predicted molar refractivity (Wildman–Crippen MR) is 140 cm³/mol. The van der Waals surface area contributed by atoms with Crippen molar-refractivity contribution in [3.63, 3.8) is 0 Å². The van der Waals surface area contributed by atoms with Gasteiger partial charge in [-0.15, -0.1) is 0 Å². The molecule has 0 saturated carbocycles. The number of nitrogens with zero attached hydrogens (tertiary/aromatic N) is 5. The lowest BCUT2D eigenvalue weighted by Crippen LogP contribution is -2.39. The molecule has 10 nitrogen and oxygen atoms in total. The van der Waals surface area contributed by atoms with E-state index in [1.165, 1.54) is 12.4 Å². The summed E-state index contributed by atoms with van der Waals surface area (Å²) >= 11 is 0. The highest BCUT2D eigenvalue weighted by atomic mass is 16.8. The van der Waals surface area contributed by atoms with Gasteiger partial charge in [0.05, 0.1) is 24.6 Å². The van der Waals surface area contributed by atoms with Crippen molar-refractivity contribution in [2.75, 3.05) is 51.7 Å². The van der Waals surface area contributed by atoms with E-state index in [-0.39, 0.29) is 5.69 Å². The number of ether oxygens (including phenoxy) is 1. The Hall–Kier alpha value is -3.68. The first-order chi connectivity index (χ1) is 16.9. The van der Waals surface area contributed by atoms with Crippen LogP contribution in [-0.4, -0.2) is 78.8 Å². The summed E-state index contributed by atoms with van der Waals surface area (Å²) in [7, 11) is 7.86. The molecular formula is C26H36N6O4. The summed E-state index contributed by atoms with van der Waals surface area (Å²) in [5, 5.41) is 3.39. The van der Waals surface area contributed by atoms with Gasteiger partial charge in [-0.3, -0.25) is 20.2 Å². The van der Waals surface area contributed by atoms with Crippen molar-refractivity contribution < 1.29 is 19.2 Å². The Kier molecular flexibility index (Phi) is 10.6. The highest BCUT2D eigenvalue weighted by Gasteiger charge is 2.28. The molecule has 0 saturated heterocycles. The topological polar surface area (TPSA) is 100 Å². The van der Waals surface area contributed by atoms with Crippen LogP contribution in [0.5, 0.6) is 0 Å². The molecule has 0 unspecified atom stereocenters. The first-order valence-corrected chi connectivity index (χ1v) is 11.6. The first kappa shape index (κ1) is 28.6. The number of hydroxylamine groups is 1. The fraction of sp³-hybridized carbons (Fsp3) is 0.462. The molecule has 0 aromatic carbocycles. The quantitative estimate of drug-likeness (QED) is 0.457. The largest absolute Gasteiger partial charge is 0.448 e. The predicted octanol–water partition coefficient (Wildman–Crippen LogP) is 3.79. The molecule has 0 atom stereocenters. The third-order valence-electron chi connectivity index (χ3n) is 4.43. The molecule has 0 spiro atoms. The molecule has 0 aliphatic rings. The van der Waals surface area contributed by atoms with Crippen molar-refractivity contribution in [2.24, 2.45) is 0 Å². The molecular weight excluding hydrogens is 460 g/mol. The minimum Gasteiger partial charge on any atom is -0.441 e. The molecule has 0 fully saturated rings. The van der Waals surface area contributed by atoms with Gasteiger partial charge in [0.2, 0.25) is 0 Å². The summed E-state index contributed by atoms with van der Waals surface area (Å²) in [4.78, 5) is 43.4. The zero-order valence-corrected chi connectivity index (χ0v) is 22.2. The van der Waals surface area contributed by atoms with Gasteiger partial charge in [-0.1, -0.05) is 16.9 Å². The molecule has 0 radical (unpaired) electrons. The number of hydrogen-bond donors (Lipinski definition) is 1. The molecule has 0 bridgehead atoms. The van der Waals surface area contributed by atoms with Gasteiger partial charge in [-0.05, 0) is 86.0 Å². The van der Waals surface area contributed by atoms with Crippen molar-refractivity contribution >= 4 is 23.6 Å². The highest BCUT2D eigenvalue weighted by molar-refractivity contribution is 5.91. The number of aromatic nitrogens is 2. The molecule has 2 heterocycles. The molecule has 0 aliphatic heterocycles. The zero-order chi connectivity index (χ0) is 26.7. The van der Waals surface area contributed by atoms with Crippen LogP contribution in [0, 0.1) is 11.8 Å². The van der Waals surface area contributed by atoms with E-state index in [0.717, 1.165) is 30.0 Å². The molecule has 2 aromatic rings. The number of hydrogen-bond acceptors (Lipinski definition) is 8. The number of rotatable bonds is 7. The number of carbonyl (C=O) groups excluding carboxylic acids is 2. The molecule has 1 N–H and O–H groups in total. The second-order valence-electron chi connectivity index (χ2n) is 9.74. The van der Waals surface area contributed by atoms with Gasteiger partial charge in [0.25, 0.3) is 0 Å². The summed E-state index contributed by atoms with van der Waals surface area (Å²) < 4.78 is 5.45. The van der Waals surface area contributed by atoms with Crippen LogP contribution in [-0.2, 0) is 16.0 Å². The van der Waals surface area contributed by atoms with Crippen molar-refractivity contribution in [3.8, 4) is 11.8 Å². The minimum atomic E-state index is -0.890. The Bertz CT molecular complexity index is 1090. The number of pyridine rings is 2. The molecule has 36 heavy (non-hydrogen) atoms. The second kappa shape index (κ2) is 13.4. The third-order valence-corrected chi connectivity index (χ3v) is 4.43. The van der Waals surface area contributed by atoms with Crippen molar-refractivity contribution in [2.45, 2.75) is 39.2 Å². The number of anilines is 2. The van der Waals surface area contributed by atoms with Gasteiger partial charge in [-0.25, -0.2) is 9.59 Å². The third kappa shape index (κ3) is 10.7. The maximum atomic E-state index is 12.9. The fourth-order valence-corrected chi connectivity index (χ4v) is 2.92. The van der Waals surface area contributed by atoms with Gasteiger partial charge in [0, 0.05) is 18.0 Å². The number of amides is 2. The summed E-state index contributed by atoms with van der Waals surface area (Å²) in [6, 6.07) is 3.42. The van der Waals surface area contributed by atoms with E-state index in [2.05, 4.69) is 32.0 Å². The van der Waals surface area contributed by atoms with E-state index in [4.69, 9.17) is 9.57 Å². The van der Waals surface area contributed by atoms with E-state index in [1.807, 2.05) is 33.1 Å². The molecule has 0 aliphatic carbocycles. The maximum Gasteiger partial charge on any atom is 0.448 e. The van der Waals surface area contributed by atoms with Gasteiger partial charge in [0.15, 0.2) is 0 Å². The normalized spacial score (nSPS) is 11.0. The molecule has 2 rings (SSSR count). The van der Waals surface area contributed by atoms with Crippen molar-refractivity contribution in [1.29, 1.82) is 0 Å². The lowest BCUT2D eigenvalue weighted by Gasteiger charge is -2.26. The van der Waals surface area contributed by atoms with Crippen LogP contribution in [0.15, 0.2) is 36.9 Å². The number of carbonyl (C=O) groups is 2. The van der Waals surface area contributed by atoms with Crippen LogP contribution < -0.4 is 10.4 Å². The molecule has 2 aromatic heterocycles. The monoisotopic (exact) mass is 496 g/mol. The summed E-state index contributed by atoms with van der Waals surface area (Å²) in [5.41, 5.74) is 1.39. The Morgan fingerprint density at radius 1 is 1.00 bits per heavy atom. The standard InChI is InChI=1S/C26H36N6O4/c1-26(2,3)35-25(34)32(23-15-21(17-28-19-23)11-9-13-31(6)7)36-24(33)29-22-14-20(16-27-18-22)10-8-12-30(4)5/h14-19H,9,11-13H2,1-7H3,(H,29,33). The van der Waals surface area contributed by atoms with E-state index in [9.17, 15) is 9.59 Å². The fourth-order valence-electron chi connectivity index (χ4n) is 2.92. The van der Waals surface area contributed by atoms with Crippen LogP contribution in [0.1, 0.15) is 38.3 Å². The summed E-state index contributed by atoms with van der Waals surface area (Å²) in [6.45, 7) is 6.69. The van der Waals surface area contributed by atoms with Gasteiger partial charge in [-0.2, -0.15) is 0 Å². The number of nitrogens with one attached hydrogen (secondary N) is 1. The van der Waals surface area contributed by atoms with Crippen molar-refractivity contribution in [1.82, 2.24) is 19.8 Å². The molecule has 10 heteroatoms. The average molecular weight is 497 g/mol. The van der Waals surface area contributed by atoms with Crippen LogP contribution in [0.4, 0.5) is 21.0 Å². The Morgan fingerprint density at radius 3 is 2.39 bits per heavy atom. The van der Waals surface area contributed by atoms with Gasteiger partial charge < -0.3 is 14.5 Å². The van der Waals surface area contributed by atoms with E-state index in [1.54, 1.807) is 45.3 Å². The van der Waals surface area contributed by atoms with Crippen LogP contribution in [0.2, 0.25) is 0 Å². The van der Waals surface area contributed by atoms with E-state index in [0.29, 0.717) is 17.8 Å². The SMILES string of the molecule is CN(C)CC#Cc1cncc(NC(=O)ON(C(=O)OC(C)(C)C)c2cncc(CCCN(C)C)c2)c1. The van der Waals surface area contributed by atoms with E-state index < -0.39 is 17.8 Å². The van der Waals surface area contributed by atoms with Gasteiger partial charge in [0.1, 0.15) is 11.3 Å². The second-order valence-corrected chi connectivity index (χ2v) is 9.74. The van der Waals surface area contributed by atoms with Crippen LogP contribution in [0.3, 0.4) is 0 Å². The average Bonchev–Trinajstić information content (AvgIpc) is 2.76. The Balaban J connectivity index is 2.19. The molecule has 194 valence electrons. The van der Waals surface area contributed by atoms with E-state index >= 15 is 0 Å². The Labute approximate surface area is 213 Å².